The lowest BCUT2D eigenvalue weighted by Gasteiger charge is -2.06. The largest absolute Gasteiger partial charge is 0.490 e. The number of para-hydroxylation sites is 1. The highest BCUT2D eigenvalue weighted by Crippen LogP contribution is 2.27. The first-order valence-electron chi connectivity index (χ1n) is 8.45. The molecular weight excluding hydrogens is 352 g/mol. The lowest BCUT2D eigenvalue weighted by Crippen LogP contribution is -2.20. The Morgan fingerprint density at radius 2 is 2.00 bits per heavy atom. The molecule has 0 radical (unpaired) electrons. The van der Waals surface area contributed by atoms with Gasteiger partial charge in [0.25, 0.3) is 5.56 Å². The maximum Gasteiger partial charge on any atom is 0.348 e. The molecular formula is C19H20N2O4S. The van der Waals surface area contributed by atoms with Crippen LogP contribution in [-0.4, -0.2) is 28.7 Å². The van der Waals surface area contributed by atoms with Gasteiger partial charge in [0, 0.05) is 6.54 Å². The molecule has 3 aromatic rings. The monoisotopic (exact) mass is 372 g/mol. The van der Waals surface area contributed by atoms with Crippen molar-refractivity contribution < 1.29 is 14.3 Å². The molecule has 0 unspecified atom stereocenters. The van der Waals surface area contributed by atoms with Crippen LogP contribution in [0.5, 0.6) is 5.75 Å². The molecule has 0 atom stereocenters. The van der Waals surface area contributed by atoms with Gasteiger partial charge in [0.05, 0.1) is 11.7 Å². The molecule has 0 fully saturated rings. The van der Waals surface area contributed by atoms with Crippen molar-refractivity contribution in [1.82, 2.24) is 9.55 Å². The fourth-order valence-corrected chi connectivity index (χ4v) is 3.66. The molecule has 0 spiro atoms. The molecule has 0 saturated carbocycles. The van der Waals surface area contributed by atoms with Gasteiger partial charge in [-0.3, -0.25) is 9.36 Å². The Morgan fingerprint density at radius 3 is 2.73 bits per heavy atom. The number of carbonyl (C=O) groups excluding carboxylic acids is 1. The molecule has 26 heavy (non-hydrogen) atoms. The van der Waals surface area contributed by atoms with E-state index in [1.54, 1.807) is 11.5 Å². The van der Waals surface area contributed by atoms with Gasteiger partial charge in [-0.25, -0.2) is 9.78 Å². The summed E-state index contributed by atoms with van der Waals surface area (Å²) in [4.78, 5) is 30.2. The van der Waals surface area contributed by atoms with E-state index >= 15 is 0 Å². The zero-order valence-electron chi connectivity index (χ0n) is 14.7. The number of nitrogens with zero attached hydrogens (tertiary/aromatic N) is 2. The molecule has 3 rings (SSSR count). The van der Waals surface area contributed by atoms with Crippen LogP contribution < -0.4 is 10.3 Å². The summed E-state index contributed by atoms with van der Waals surface area (Å²) in [5.41, 5.74) is 0.513. The highest BCUT2D eigenvalue weighted by atomic mass is 32.1. The minimum absolute atomic E-state index is 0.114. The first-order chi connectivity index (χ1) is 12.6. The second kappa shape index (κ2) is 8.14. The van der Waals surface area contributed by atoms with Gasteiger partial charge in [-0.2, -0.15) is 0 Å². The van der Waals surface area contributed by atoms with Gasteiger partial charge in [-0.05, 0) is 31.0 Å². The number of esters is 1. The second-order valence-electron chi connectivity index (χ2n) is 5.78. The van der Waals surface area contributed by atoms with E-state index in [9.17, 15) is 9.59 Å². The fraction of sp³-hybridized carbons (Fsp3) is 0.316. The SMILES string of the molecule is CCCn1cnc2sc(C(=O)OCCOc3ccccc3)c(C)c2c1=O. The smallest absolute Gasteiger partial charge is 0.348 e. The zero-order chi connectivity index (χ0) is 18.5. The highest BCUT2D eigenvalue weighted by Gasteiger charge is 2.20. The van der Waals surface area contributed by atoms with Crippen molar-refractivity contribution in [3.8, 4) is 5.75 Å². The number of aryl methyl sites for hydroxylation is 2. The third kappa shape index (κ3) is 3.77. The standard InChI is InChI=1S/C19H20N2O4S/c1-3-9-21-12-20-17-15(18(21)22)13(2)16(26-17)19(23)25-11-10-24-14-7-5-4-6-8-14/h4-8,12H,3,9-11H2,1-2H3. The summed E-state index contributed by atoms with van der Waals surface area (Å²) in [6, 6.07) is 9.33. The summed E-state index contributed by atoms with van der Waals surface area (Å²) in [6.45, 7) is 4.76. The number of carbonyl (C=O) groups is 1. The molecule has 0 bridgehead atoms. The lowest BCUT2D eigenvalue weighted by molar-refractivity contribution is 0.0455. The maximum absolute atomic E-state index is 12.5. The molecule has 0 aliphatic carbocycles. The summed E-state index contributed by atoms with van der Waals surface area (Å²) in [6.07, 6.45) is 2.37. The van der Waals surface area contributed by atoms with Crippen LogP contribution in [0.25, 0.3) is 10.2 Å². The number of rotatable bonds is 7. The predicted octanol–water partition coefficient (Wildman–Crippen LogP) is 3.41. The van der Waals surface area contributed by atoms with Crippen molar-refractivity contribution in [1.29, 1.82) is 0 Å². The summed E-state index contributed by atoms with van der Waals surface area (Å²) >= 11 is 1.19. The first-order valence-corrected chi connectivity index (χ1v) is 9.27. The zero-order valence-corrected chi connectivity index (χ0v) is 15.5. The number of hydrogen-bond acceptors (Lipinski definition) is 6. The number of fused-ring (bicyclic) bond motifs is 1. The molecule has 7 heteroatoms. The first kappa shape index (κ1) is 18.1. The van der Waals surface area contributed by atoms with E-state index in [1.807, 2.05) is 37.3 Å². The van der Waals surface area contributed by atoms with Crippen LogP contribution in [-0.2, 0) is 11.3 Å². The molecule has 136 valence electrons. The molecule has 0 N–H and O–H groups in total. The third-order valence-corrected chi connectivity index (χ3v) is 5.08. The average Bonchev–Trinajstić information content (AvgIpc) is 2.99. The van der Waals surface area contributed by atoms with Gasteiger partial charge < -0.3 is 9.47 Å². The minimum atomic E-state index is -0.455. The van der Waals surface area contributed by atoms with Crippen molar-refractivity contribution in [3.63, 3.8) is 0 Å². The number of thiophene rings is 1. The van der Waals surface area contributed by atoms with E-state index in [0.717, 1.165) is 12.2 Å². The van der Waals surface area contributed by atoms with Crippen LogP contribution in [0, 0.1) is 6.92 Å². The number of aromatic nitrogens is 2. The van der Waals surface area contributed by atoms with Gasteiger partial charge in [0.1, 0.15) is 28.7 Å². The molecule has 2 heterocycles. The summed E-state index contributed by atoms with van der Waals surface area (Å²) in [5, 5.41) is 0.499. The topological polar surface area (TPSA) is 70.4 Å². The van der Waals surface area contributed by atoms with Crippen molar-refractivity contribution in [3.05, 3.63) is 57.5 Å². The Bertz CT molecular complexity index is 963. The van der Waals surface area contributed by atoms with E-state index in [1.165, 1.54) is 17.7 Å². The van der Waals surface area contributed by atoms with Crippen LogP contribution >= 0.6 is 11.3 Å². The van der Waals surface area contributed by atoms with Crippen molar-refractivity contribution in [2.45, 2.75) is 26.8 Å². The Morgan fingerprint density at radius 1 is 1.23 bits per heavy atom. The van der Waals surface area contributed by atoms with Crippen LogP contribution in [0.1, 0.15) is 28.6 Å². The molecule has 6 nitrogen and oxygen atoms in total. The van der Waals surface area contributed by atoms with Gasteiger partial charge in [0.15, 0.2) is 0 Å². The summed E-state index contributed by atoms with van der Waals surface area (Å²) in [7, 11) is 0. The van der Waals surface area contributed by atoms with Gasteiger partial charge in [0.2, 0.25) is 0 Å². The number of benzene rings is 1. The minimum Gasteiger partial charge on any atom is -0.490 e. The lowest BCUT2D eigenvalue weighted by atomic mass is 10.2. The fourth-order valence-electron chi connectivity index (χ4n) is 2.63. The van der Waals surface area contributed by atoms with E-state index < -0.39 is 5.97 Å². The number of ether oxygens (including phenoxy) is 2. The molecule has 0 aliphatic rings. The van der Waals surface area contributed by atoms with E-state index in [4.69, 9.17) is 9.47 Å². The summed E-state index contributed by atoms with van der Waals surface area (Å²) < 4.78 is 12.4. The molecule has 0 aliphatic heterocycles. The predicted molar refractivity (Wildman–Crippen MR) is 101 cm³/mol. The molecule has 1 aromatic carbocycles. The Balaban J connectivity index is 1.69. The molecule has 0 amide bonds. The molecule has 2 aromatic heterocycles. The van der Waals surface area contributed by atoms with E-state index in [0.29, 0.717) is 27.2 Å². The van der Waals surface area contributed by atoms with Crippen LogP contribution in [0.4, 0.5) is 0 Å². The Labute approximate surface area is 155 Å². The maximum atomic E-state index is 12.5. The van der Waals surface area contributed by atoms with Crippen LogP contribution in [0.15, 0.2) is 41.5 Å². The van der Waals surface area contributed by atoms with Crippen LogP contribution in [0.3, 0.4) is 0 Å². The number of hydrogen-bond donors (Lipinski definition) is 0. The second-order valence-corrected chi connectivity index (χ2v) is 6.78. The van der Waals surface area contributed by atoms with Crippen molar-refractivity contribution >= 4 is 27.5 Å². The molecule has 0 saturated heterocycles. The van der Waals surface area contributed by atoms with Crippen molar-refractivity contribution in [2.75, 3.05) is 13.2 Å². The normalized spacial score (nSPS) is 10.8. The average molecular weight is 372 g/mol. The summed E-state index contributed by atoms with van der Waals surface area (Å²) in [5.74, 6) is 0.269. The Kier molecular flexibility index (Phi) is 5.68. The van der Waals surface area contributed by atoms with E-state index in [2.05, 4.69) is 4.98 Å². The Hall–Kier alpha value is -2.67. The quantitative estimate of drug-likeness (QED) is 0.469. The third-order valence-electron chi connectivity index (χ3n) is 3.90. The van der Waals surface area contributed by atoms with Gasteiger partial charge >= 0.3 is 5.97 Å². The van der Waals surface area contributed by atoms with Crippen molar-refractivity contribution in [2.24, 2.45) is 0 Å². The highest BCUT2D eigenvalue weighted by molar-refractivity contribution is 7.20. The van der Waals surface area contributed by atoms with E-state index in [-0.39, 0.29) is 18.8 Å². The van der Waals surface area contributed by atoms with Gasteiger partial charge in [-0.15, -0.1) is 11.3 Å². The van der Waals surface area contributed by atoms with Crippen LogP contribution in [0.2, 0.25) is 0 Å². The van der Waals surface area contributed by atoms with Gasteiger partial charge in [-0.1, -0.05) is 25.1 Å².